The Hall–Kier alpha value is -1.89. The van der Waals surface area contributed by atoms with E-state index in [-0.39, 0.29) is 5.78 Å². The van der Waals surface area contributed by atoms with Crippen molar-refractivity contribution in [3.63, 3.8) is 0 Å². The monoisotopic (exact) mass is 222 g/mol. The molecule has 0 heterocycles. The molecule has 2 aromatic rings. The predicted molar refractivity (Wildman–Crippen MR) is 69.3 cm³/mol. The third kappa shape index (κ3) is 1.50. The van der Waals surface area contributed by atoms with Crippen LogP contribution >= 0.6 is 0 Å². The lowest BCUT2D eigenvalue weighted by Gasteiger charge is -2.03. The number of carbonyl (C=O) groups is 1. The lowest BCUT2D eigenvalue weighted by Crippen LogP contribution is -1.94. The highest BCUT2D eigenvalue weighted by Gasteiger charge is 2.25. The van der Waals surface area contributed by atoms with Gasteiger partial charge in [0, 0.05) is 11.1 Å². The topological polar surface area (TPSA) is 17.1 Å². The van der Waals surface area contributed by atoms with Gasteiger partial charge in [0.25, 0.3) is 0 Å². The molecule has 0 N–H and O–H groups in total. The van der Waals surface area contributed by atoms with Gasteiger partial charge in [0.15, 0.2) is 5.78 Å². The van der Waals surface area contributed by atoms with Crippen molar-refractivity contribution >= 4 is 5.78 Å². The molecule has 1 heteroatoms. The molecule has 84 valence electrons. The molecule has 0 unspecified atom stereocenters. The minimum Gasteiger partial charge on any atom is -0.289 e. The van der Waals surface area contributed by atoms with Gasteiger partial charge in [-0.05, 0) is 23.1 Å². The molecule has 0 radical (unpaired) electrons. The van der Waals surface area contributed by atoms with Gasteiger partial charge in [0.1, 0.15) is 0 Å². The van der Waals surface area contributed by atoms with Crippen molar-refractivity contribution < 1.29 is 4.79 Å². The highest BCUT2D eigenvalue weighted by Crippen LogP contribution is 2.36. The molecule has 1 nitrogen and oxygen atoms in total. The Labute approximate surface area is 101 Å². The Morgan fingerprint density at radius 2 is 1.59 bits per heavy atom. The second-order valence-electron chi connectivity index (χ2n) is 4.50. The molecule has 0 spiro atoms. The van der Waals surface area contributed by atoms with Crippen LogP contribution in [0.4, 0.5) is 0 Å². The summed E-state index contributed by atoms with van der Waals surface area (Å²) in [6, 6.07) is 14.1. The smallest absolute Gasteiger partial charge is 0.194 e. The Morgan fingerprint density at radius 3 is 2.35 bits per heavy atom. The summed E-state index contributed by atoms with van der Waals surface area (Å²) in [6.07, 6.45) is 2.21. The standard InChI is InChI=1S/C16H14O/c1-2-5-11-8-9-14-15(10-11)12-6-3-4-7-13(12)16(14)17/h3-4,6-10H,2,5H2,1H3. The number of ketones is 1. The minimum absolute atomic E-state index is 0.165. The zero-order valence-electron chi connectivity index (χ0n) is 9.86. The summed E-state index contributed by atoms with van der Waals surface area (Å²) < 4.78 is 0. The summed E-state index contributed by atoms with van der Waals surface area (Å²) in [6.45, 7) is 2.17. The maximum Gasteiger partial charge on any atom is 0.194 e. The molecule has 3 rings (SSSR count). The van der Waals surface area contributed by atoms with Crippen LogP contribution in [0.25, 0.3) is 11.1 Å². The zero-order valence-corrected chi connectivity index (χ0v) is 9.86. The maximum atomic E-state index is 12.2. The van der Waals surface area contributed by atoms with Crippen molar-refractivity contribution in [3.05, 3.63) is 59.2 Å². The van der Waals surface area contributed by atoms with Gasteiger partial charge in [-0.2, -0.15) is 0 Å². The largest absolute Gasteiger partial charge is 0.289 e. The van der Waals surface area contributed by atoms with Crippen LogP contribution in [-0.4, -0.2) is 5.78 Å². The molecule has 1 aliphatic rings. The van der Waals surface area contributed by atoms with Crippen molar-refractivity contribution in [3.8, 4) is 11.1 Å². The van der Waals surface area contributed by atoms with Crippen molar-refractivity contribution in [1.29, 1.82) is 0 Å². The van der Waals surface area contributed by atoms with Crippen LogP contribution in [-0.2, 0) is 6.42 Å². The van der Waals surface area contributed by atoms with Crippen LogP contribution < -0.4 is 0 Å². The Balaban J connectivity index is 2.20. The Morgan fingerprint density at radius 1 is 0.882 bits per heavy atom. The minimum atomic E-state index is 0.165. The predicted octanol–water partition coefficient (Wildman–Crippen LogP) is 3.85. The van der Waals surface area contributed by atoms with E-state index >= 15 is 0 Å². The quantitative estimate of drug-likeness (QED) is 0.643. The van der Waals surface area contributed by atoms with Gasteiger partial charge in [0.2, 0.25) is 0 Å². The lowest BCUT2D eigenvalue weighted by atomic mass is 10.0. The van der Waals surface area contributed by atoms with Crippen LogP contribution in [0, 0.1) is 0 Å². The lowest BCUT2D eigenvalue weighted by molar-refractivity contribution is 0.104. The number of carbonyl (C=O) groups excluding carboxylic acids is 1. The van der Waals surface area contributed by atoms with Gasteiger partial charge >= 0.3 is 0 Å². The molecule has 0 aliphatic heterocycles. The van der Waals surface area contributed by atoms with Crippen LogP contribution in [0.15, 0.2) is 42.5 Å². The highest BCUT2D eigenvalue weighted by atomic mass is 16.1. The molecule has 1 aliphatic carbocycles. The van der Waals surface area contributed by atoms with E-state index in [2.05, 4.69) is 19.1 Å². The summed E-state index contributed by atoms with van der Waals surface area (Å²) >= 11 is 0. The average molecular weight is 222 g/mol. The molecular formula is C16H14O. The van der Waals surface area contributed by atoms with Crippen molar-refractivity contribution in [1.82, 2.24) is 0 Å². The third-order valence-electron chi connectivity index (χ3n) is 3.33. The number of benzene rings is 2. The summed E-state index contributed by atoms with van der Waals surface area (Å²) in [7, 11) is 0. The summed E-state index contributed by atoms with van der Waals surface area (Å²) in [4.78, 5) is 12.2. The van der Waals surface area contributed by atoms with E-state index in [1.165, 1.54) is 5.56 Å². The first kappa shape index (κ1) is 10.3. The van der Waals surface area contributed by atoms with E-state index < -0.39 is 0 Å². The van der Waals surface area contributed by atoms with E-state index in [0.29, 0.717) is 0 Å². The maximum absolute atomic E-state index is 12.2. The number of rotatable bonds is 2. The van der Waals surface area contributed by atoms with E-state index in [4.69, 9.17) is 0 Å². The Kier molecular flexibility index (Phi) is 2.32. The second-order valence-corrected chi connectivity index (χ2v) is 4.50. The Bertz CT molecular complexity index is 596. The number of hydrogen-bond acceptors (Lipinski definition) is 1. The molecule has 17 heavy (non-hydrogen) atoms. The zero-order chi connectivity index (χ0) is 11.8. The first-order chi connectivity index (χ1) is 8.31. The molecule has 0 atom stereocenters. The fourth-order valence-corrected chi connectivity index (χ4v) is 2.52. The van der Waals surface area contributed by atoms with Gasteiger partial charge < -0.3 is 0 Å². The number of aryl methyl sites for hydroxylation is 1. The first-order valence-electron chi connectivity index (χ1n) is 6.08. The third-order valence-corrected chi connectivity index (χ3v) is 3.33. The number of hydrogen-bond donors (Lipinski definition) is 0. The molecule has 2 aromatic carbocycles. The molecule has 0 bridgehead atoms. The molecule has 0 aromatic heterocycles. The first-order valence-corrected chi connectivity index (χ1v) is 6.08. The van der Waals surface area contributed by atoms with Gasteiger partial charge in [-0.25, -0.2) is 0 Å². The molecular weight excluding hydrogens is 208 g/mol. The second kappa shape index (κ2) is 3.85. The normalized spacial score (nSPS) is 12.4. The van der Waals surface area contributed by atoms with Crippen LogP contribution in [0.5, 0.6) is 0 Å². The molecule has 0 saturated carbocycles. The summed E-state index contributed by atoms with van der Waals surface area (Å²) in [5.74, 6) is 0.165. The average Bonchev–Trinajstić information content (AvgIpc) is 2.65. The molecule has 0 amide bonds. The van der Waals surface area contributed by atoms with E-state index in [9.17, 15) is 4.79 Å². The fraction of sp³-hybridized carbons (Fsp3) is 0.188. The summed E-state index contributed by atoms with van der Waals surface area (Å²) in [5, 5.41) is 0. The van der Waals surface area contributed by atoms with Crippen LogP contribution in [0.1, 0.15) is 34.8 Å². The van der Waals surface area contributed by atoms with Crippen LogP contribution in [0.2, 0.25) is 0 Å². The van der Waals surface area contributed by atoms with Crippen molar-refractivity contribution in [2.75, 3.05) is 0 Å². The van der Waals surface area contributed by atoms with Gasteiger partial charge in [-0.1, -0.05) is 55.8 Å². The molecule has 0 fully saturated rings. The van der Waals surface area contributed by atoms with Crippen LogP contribution in [0.3, 0.4) is 0 Å². The van der Waals surface area contributed by atoms with Gasteiger partial charge in [0.05, 0.1) is 0 Å². The van der Waals surface area contributed by atoms with Crippen molar-refractivity contribution in [2.45, 2.75) is 19.8 Å². The number of fused-ring (bicyclic) bond motifs is 3. The van der Waals surface area contributed by atoms with Gasteiger partial charge in [-0.15, -0.1) is 0 Å². The summed E-state index contributed by atoms with van der Waals surface area (Å²) in [5.41, 5.74) is 5.21. The molecule has 0 saturated heterocycles. The van der Waals surface area contributed by atoms with E-state index in [1.54, 1.807) is 0 Å². The SMILES string of the molecule is CCCc1ccc2c(c1)-c1ccccc1C2=O. The fourth-order valence-electron chi connectivity index (χ4n) is 2.52. The highest BCUT2D eigenvalue weighted by molar-refractivity contribution is 6.21. The van der Waals surface area contributed by atoms with E-state index in [1.807, 2.05) is 30.3 Å². The van der Waals surface area contributed by atoms with Crippen molar-refractivity contribution in [2.24, 2.45) is 0 Å². The van der Waals surface area contributed by atoms with Gasteiger partial charge in [-0.3, -0.25) is 4.79 Å². The van der Waals surface area contributed by atoms with E-state index in [0.717, 1.165) is 35.1 Å².